The summed E-state index contributed by atoms with van der Waals surface area (Å²) in [5, 5.41) is 2.80. The van der Waals surface area contributed by atoms with E-state index in [-0.39, 0.29) is 12.5 Å². The van der Waals surface area contributed by atoms with Gasteiger partial charge in [-0.3, -0.25) is 4.79 Å². The van der Waals surface area contributed by atoms with E-state index < -0.39 is 0 Å². The van der Waals surface area contributed by atoms with Gasteiger partial charge in [0.1, 0.15) is 11.3 Å². The van der Waals surface area contributed by atoms with Crippen LogP contribution in [0.25, 0.3) is 22.6 Å². The molecule has 1 amide bonds. The summed E-state index contributed by atoms with van der Waals surface area (Å²) in [5.74, 6) is 0.940. The highest BCUT2D eigenvalue weighted by molar-refractivity contribution is 5.79. The SMILES string of the molecule is CCCNC(=O)COc1ccc(C)cc1-c1nc2cc(C)ccc2o1. The van der Waals surface area contributed by atoms with Crippen molar-refractivity contribution in [2.75, 3.05) is 13.2 Å². The van der Waals surface area contributed by atoms with Gasteiger partial charge in [-0.15, -0.1) is 0 Å². The van der Waals surface area contributed by atoms with Gasteiger partial charge in [0.15, 0.2) is 12.2 Å². The molecule has 2 aromatic carbocycles. The molecule has 0 saturated heterocycles. The van der Waals surface area contributed by atoms with Crippen LogP contribution in [0, 0.1) is 13.8 Å². The monoisotopic (exact) mass is 338 g/mol. The Morgan fingerprint density at radius 3 is 2.72 bits per heavy atom. The third kappa shape index (κ3) is 3.99. The lowest BCUT2D eigenvalue weighted by Crippen LogP contribution is -2.29. The number of carbonyl (C=O) groups is 1. The number of nitrogens with zero attached hydrogens (tertiary/aromatic N) is 1. The topological polar surface area (TPSA) is 64.4 Å². The number of aromatic nitrogens is 1. The van der Waals surface area contributed by atoms with E-state index in [1.165, 1.54) is 0 Å². The molecule has 1 aromatic heterocycles. The minimum Gasteiger partial charge on any atom is -0.483 e. The number of rotatable bonds is 6. The lowest BCUT2D eigenvalue weighted by molar-refractivity contribution is -0.123. The Morgan fingerprint density at radius 2 is 1.92 bits per heavy atom. The van der Waals surface area contributed by atoms with Crippen LogP contribution < -0.4 is 10.1 Å². The number of ether oxygens (including phenoxy) is 1. The van der Waals surface area contributed by atoms with Crippen LogP contribution in [-0.4, -0.2) is 24.0 Å². The number of oxazole rings is 1. The predicted molar refractivity (Wildman–Crippen MR) is 97.7 cm³/mol. The molecule has 0 atom stereocenters. The van der Waals surface area contributed by atoms with E-state index in [0.717, 1.165) is 34.2 Å². The minimum absolute atomic E-state index is 0.0323. The van der Waals surface area contributed by atoms with Crippen molar-refractivity contribution in [3.05, 3.63) is 47.5 Å². The number of fused-ring (bicyclic) bond motifs is 1. The average Bonchev–Trinajstić information content (AvgIpc) is 3.01. The van der Waals surface area contributed by atoms with Gasteiger partial charge in [-0.25, -0.2) is 4.98 Å². The Morgan fingerprint density at radius 1 is 1.16 bits per heavy atom. The maximum Gasteiger partial charge on any atom is 0.257 e. The first kappa shape index (κ1) is 17.0. The van der Waals surface area contributed by atoms with Crippen LogP contribution in [-0.2, 0) is 4.79 Å². The number of hydrogen-bond acceptors (Lipinski definition) is 4. The smallest absolute Gasteiger partial charge is 0.257 e. The Balaban J connectivity index is 1.89. The summed E-state index contributed by atoms with van der Waals surface area (Å²) < 4.78 is 11.6. The molecule has 0 radical (unpaired) electrons. The Hall–Kier alpha value is -2.82. The maximum atomic E-state index is 11.8. The standard InChI is InChI=1S/C20H22N2O3/c1-4-9-21-19(23)12-24-17-7-5-13(2)10-15(17)20-22-16-11-14(3)6-8-18(16)25-20/h5-8,10-11H,4,9,12H2,1-3H3,(H,21,23). The largest absolute Gasteiger partial charge is 0.483 e. The van der Waals surface area contributed by atoms with Crippen molar-refractivity contribution in [2.45, 2.75) is 27.2 Å². The summed E-state index contributed by atoms with van der Waals surface area (Å²) in [5.41, 5.74) is 4.48. The average molecular weight is 338 g/mol. The third-order valence-electron chi connectivity index (χ3n) is 3.84. The van der Waals surface area contributed by atoms with Crippen LogP contribution in [0.3, 0.4) is 0 Å². The van der Waals surface area contributed by atoms with Gasteiger partial charge in [0.2, 0.25) is 5.89 Å². The van der Waals surface area contributed by atoms with Gasteiger partial charge in [0.05, 0.1) is 5.56 Å². The highest BCUT2D eigenvalue weighted by atomic mass is 16.5. The van der Waals surface area contributed by atoms with Crippen LogP contribution >= 0.6 is 0 Å². The van der Waals surface area contributed by atoms with Gasteiger partial charge in [0.25, 0.3) is 5.91 Å². The second kappa shape index (κ2) is 7.38. The molecule has 3 rings (SSSR count). The molecule has 5 nitrogen and oxygen atoms in total. The van der Waals surface area contributed by atoms with Crippen LogP contribution in [0.2, 0.25) is 0 Å². The quantitative estimate of drug-likeness (QED) is 0.737. The lowest BCUT2D eigenvalue weighted by atomic mass is 10.1. The van der Waals surface area contributed by atoms with Crippen LogP contribution in [0.15, 0.2) is 40.8 Å². The van der Waals surface area contributed by atoms with Gasteiger partial charge in [-0.2, -0.15) is 0 Å². The fourth-order valence-corrected chi connectivity index (χ4v) is 2.55. The first-order valence-corrected chi connectivity index (χ1v) is 8.44. The number of benzene rings is 2. The number of nitrogens with one attached hydrogen (secondary N) is 1. The number of carbonyl (C=O) groups excluding carboxylic acids is 1. The normalized spacial score (nSPS) is 10.8. The van der Waals surface area contributed by atoms with E-state index in [1.807, 2.05) is 57.2 Å². The van der Waals surface area contributed by atoms with Gasteiger partial charge >= 0.3 is 0 Å². The molecule has 0 aliphatic carbocycles. The van der Waals surface area contributed by atoms with Crippen molar-refractivity contribution in [1.29, 1.82) is 0 Å². The second-order valence-corrected chi connectivity index (χ2v) is 6.13. The van der Waals surface area contributed by atoms with Crippen molar-refractivity contribution >= 4 is 17.0 Å². The molecule has 0 aliphatic rings. The zero-order valence-electron chi connectivity index (χ0n) is 14.8. The summed E-state index contributed by atoms with van der Waals surface area (Å²) in [6.45, 7) is 6.63. The number of hydrogen-bond donors (Lipinski definition) is 1. The van der Waals surface area contributed by atoms with Crippen molar-refractivity contribution in [2.24, 2.45) is 0 Å². The van der Waals surface area contributed by atoms with Crippen molar-refractivity contribution in [3.63, 3.8) is 0 Å². The van der Waals surface area contributed by atoms with E-state index in [0.29, 0.717) is 18.2 Å². The molecule has 3 aromatic rings. The van der Waals surface area contributed by atoms with E-state index >= 15 is 0 Å². The molecule has 1 heterocycles. The number of aryl methyl sites for hydroxylation is 2. The first-order valence-electron chi connectivity index (χ1n) is 8.44. The van der Waals surface area contributed by atoms with Gasteiger partial charge in [-0.05, 0) is 50.1 Å². The molecule has 0 aliphatic heterocycles. The van der Waals surface area contributed by atoms with E-state index in [1.54, 1.807) is 0 Å². The molecule has 0 bridgehead atoms. The van der Waals surface area contributed by atoms with Crippen LogP contribution in [0.4, 0.5) is 0 Å². The van der Waals surface area contributed by atoms with Gasteiger partial charge in [0, 0.05) is 6.54 Å². The van der Waals surface area contributed by atoms with Crippen molar-refractivity contribution in [1.82, 2.24) is 10.3 Å². The fourth-order valence-electron chi connectivity index (χ4n) is 2.55. The van der Waals surface area contributed by atoms with E-state index in [2.05, 4.69) is 10.3 Å². The minimum atomic E-state index is -0.137. The zero-order valence-corrected chi connectivity index (χ0v) is 14.8. The molecule has 1 N–H and O–H groups in total. The molecule has 25 heavy (non-hydrogen) atoms. The Bertz CT molecular complexity index is 899. The first-order chi connectivity index (χ1) is 12.1. The molecule has 0 saturated carbocycles. The molecular formula is C20H22N2O3. The molecular weight excluding hydrogens is 316 g/mol. The van der Waals surface area contributed by atoms with Crippen LogP contribution in [0.1, 0.15) is 24.5 Å². The van der Waals surface area contributed by atoms with Crippen molar-refractivity contribution in [3.8, 4) is 17.2 Å². The number of amides is 1. The fraction of sp³-hybridized carbons (Fsp3) is 0.300. The van der Waals surface area contributed by atoms with E-state index in [4.69, 9.17) is 9.15 Å². The van der Waals surface area contributed by atoms with Crippen LogP contribution in [0.5, 0.6) is 5.75 Å². The van der Waals surface area contributed by atoms with E-state index in [9.17, 15) is 4.79 Å². The van der Waals surface area contributed by atoms with Gasteiger partial charge < -0.3 is 14.5 Å². The zero-order chi connectivity index (χ0) is 17.8. The summed E-state index contributed by atoms with van der Waals surface area (Å²) in [4.78, 5) is 16.4. The molecule has 0 fully saturated rings. The highest BCUT2D eigenvalue weighted by Crippen LogP contribution is 2.32. The maximum absolute atomic E-state index is 11.8. The summed E-state index contributed by atoms with van der Waals surface area (Å²) >= 11 is 0. The van der Waals surface area contributed by atoms with Gasteiger partial charge in [-0.1, -0.05) is 24.6 Å². The highest BCUT2D eigenvalue weighted by Gasteiger charge is 2.15. The molecule has 5 heteroatoms. The predicted octanol–water partition coefficient (Wildman–Crippen LogP) is 4.02. The molecule has 0 unspecified atom stereocenters. The Kier molecular flexibility index (Phi) is 5.03. The lowest BCUT2D eigenvalue weighted by Gasteiger charge is -2.10. The third-order valence-corrected chi connectivity index (χ3v) is 3.84. The molecule has 130 valence electrons. The summed E-state index contributed by atoms with van der Waals surface area (Å²) in [6.07, 6.45) is 0.893. The summed E-state index contributed by atoms with van der Waals surface area (Å²) in [7, 11) is 0. The second-order valence-electron chi connectivity index (χ2n) is 6.13. The van der Waals surface area contributed by atoms with Crippen molar-refractivity contribution < 1.29 is 13.9 Å². The molecule has 0 spiro atoms. The summed E-state index contributed by atoms with van der Waals surface area (Å²) in [6, 6.07) is 11.6. The Labute approximate surface area is 147 Å².